The highest BCUT2D eigenvalue weighted by molar-refractivity contribution is 7.80. The molecular weight excluding hydrogens is 515 g/mol. The maximum absolute atomic E-state index is 13.0. The Labute approximate surface area is 215 Å². The molecule has 2 aromatic rings. The van der Waals surface area contributed by atoms with Gasteiger partial charge < -0.3 is 9.47 Å². The Morgan fingerprint density at radius 2 is 1.57 bits per heavy atom. The summed E-state index contributed by atoms with van der Waals surface area (Å²) in [7, 11) is 0. The molecule has 0 radical (unpaired) electrons. The zero-order chi connectivity index (χ0) is 27.5. The third kappa shape index (κ3) is 5.71. The summed E-state index contributed by atoms with van der Waals surface area (Å²) in [6.07, 6.45) is -3.40. The van der Waals surface area contributed by atoms with Gasteiger partial charge in [0.25, 0.3) is 11.8 Å². The van der Waals surface area contributed by atoms with Crippen molar-refractivity contribution < 1.29 is 37.2 Å². The van der Waals surface area contributed by atoms with Gasteiger partial charge in [-0.1, -0.05) is 6.07 Å². The number of halogens is 3. The minimum Gasteiger partial charge on any atom is -0.490 e. The Morgan fingerprint density at radius 1 is 0.973 bits per heavy atom. The molecule has 37 heavy (non-hydrogen) atoms. The van der Waals surface area contributed by atoms with E-state index in [2.05, 4.69) is 0 Å². The van der Waals surface area contributed by atoms with Crippen LogP contribution in [0.1, 0.15) is 31.9 Å². The van der Waals surface area contributed by atoms with E-state index in [0.29, 0.717) is 17.7 Å². The zero-order valence-electron chi connectivity index (χ0n) is 20.0. The number of nitro groups is 1. The number of likely N-dealkylation sites (N-methyl/N-ethyl adjacent to an activating group) is 2. The number of carbonyl (C=O) groups is 2. The van der Waals surface area contributed by atoms with E-state index in [4.69, 9.17) is 21.7 Å². The summed E-state index contributed by atoms with van der Waals surface area (Å²) in [5.41, 5.74) is -1.81. The molecule has 0 N–H and O–H groups in total. The highest BCUT2D eigenvalue weighted by Gasteiger charge is 2.38. The van der Waals surface area contributed by atoms with Crippen molar-refractivity contribution in [3.63, 3.8) is 0 Å². The number of thiocarbonyl (C=S) groups is 1. The molecule has 0 spiro atoms. The van der Waals surface area contributed by atoms with Crippen LogP contribution < -0.4 is 9.47 Å². The molecule has 0 aromatic heterocycles. The van der Waals surface area contributed by atoms with E-state index < -0.39 is 39.9 Å². The normalized spacial score (nSPS) is 14.2. The molecule has 1 aliphatic heterocycles. The average Bonchev–Trinajstić information content (AvgIpc) is 2.83. The number of ether oxygens (including phenoxy) is 2. The summed E-state index contributed by atoms with van der Waals surface area (Å²) in [6.45, 7) is 5.81. The molecule has 0 atom stereocenters. The van der Waals surface area contributed by atoms with Gasteiger partial charge in [0.15, 0.2) is 16.6 Å². The van der Waals surface area contributed by atoms with Gasteiger partial charge in [0.05, 0.1) is 17.1 Å². The number of alkyl halides is 3. The quantitative estimate of drug-likeness (QED) is 0.150. The van der Waals surface area contributed by atoms with Crippen LogP contribution in [-0.4, -0.2) is 51.3 Å². The summed E-state index contributed by atoms with van der Waals surface area (Å²) in [6, 6.07) is 6.20. The molecule has 0 saturated carbocycles. The number of carbonyl (C=O) groups excluding carboxylic acids is 2. The van der Waals surface area contributed by atoms with E-state index in [0.717, 1.165) is 6.07 Å². The third-order valence-corrected chi connectivity index (χ3v) is 5.77. The molecule has 1 saturated heterocycles. The van der Waals surface area contributed by atoms with Crippen LogP contribution in [0.4, 0.5) is 18.9 Å². The van der Waals surface area contributed by atoms with Gasteiger partial charge in [-0.15, -0.1) is 0 Å². The Hall–Kier alpha value is -4.00. The molecule has 1 fully saturated rings. The van der Waals surface area contributed by atoms with Gasteiger partial charge in [0.2, 0.25) is 5.75 Å². The van der Waals surface area contributed by atoms with E-state index in [1.165, 1.54) is 34.1 Å². The van der Waals surface area contributed by atoms with Gasteiger partial charge in [-0.2, -0.15) is 13.2 Å². The van der Waals surface area contributed by atoms with Crippen molar-refractivity contribution in [3.8, 4) is 17.2 Å². The average molecular weight is 538 g/mol. The summed E-state index contributed by atoms with van der Waals surface area (Å²) in [5.74, 6) is -1.45. The fourth-order valence-corrected chi connectivity index (χ4v) is 3.98. The van der Waals surface area contributed by atoms with Gasteiger partial charge >= 0.3 is 11.9 Å². The first-order valence-corrected chi connectivity index (χ1v) is 11.5. The van der Waals surface area contributed by atoms with Gasteiger partial charge in [-0.25, -0.2) is 0 Å². The smallest absolute Gasteiger partial charge is 0.416 e. The number of nitro benzene ring substituents is 1. The van der Waals surface area contributed by atoms with E-state index >= 15 is 0 Å². The largest absolute Gasteiger partial charge is 0.490 e. The van der Waals surface area contributed by atoms with Gasteiger partial charge in [-0.05, 0) is 68.9 Å². The van der Waals surface area contributed by atoms with Crippen LogP contribution in [0.5, 0.6) is 17.2 Å². The summed E-state index contributed by atoms with van der Waals surface area (Å²) < 4.78 is 50.2. The Morgan fingerprint density at radius 3 is 2.08 bits per heavy atom. The van der Waals surface area contributed by atoms with Crippen molar-refractivity contribution in [2.45, 2.75) is 26.9 Å². The molecule has 13 heteroatoms. The van der Waals surface area contributed by atoms with Gasteiger partial charge in [0.1, 0.15) is 5.57 Å². The number of amides is 2. The predicted molar refractivity (Wildman–Crippen MR) is 131 cm³/mol. The lowest BCUT2D eigenvalue weighted by Crippen LogP contribution is -2.55. The fourth-order valence-electron chi connectivity index (χ4n) is 3.56. The predicted octanol–water partition coefficient (Wildman–Crippen LogP) is 5.18. The lowest BCUT2D eigenvalue weighted by atomic mass is 10.1. The maximum atomic E-state index is 13.0. The van der Waals surface area contributed by atoms with E-state index in [1.807, 2.05) is 0 Å². The lowest BCUT2D eigenvalue weighted by Gasteiger charge is -2.35. The Balaban J connectivity index is 2.02. The first-order chi connectivity index (χ1) is 17.4. The van der Waals surface area contributed by atoms with Crippen molar-refractivity contribution >= 4 is 40.9 Å². The number of hydrogen-bond donors (Lipinski definition) is 0. The standard InChI is InChI=1S/C24H22F3N3O6S/c1-4-28-21(31)16(22(32)29(5-2)23(28)37)11-14-7-9-19(20(12-14)35-6-3)36-18-10-8-15(24(25,26)27)13-17(18)30(33)34/h7-13H,4-6H2,1-3H3. The number of nitrogens with zero attached hydrogens (tertiary/aromatic N) is 3. The molecule has 196 valence electrons. The van der Waals surface area contributed by atoms with Crippen LogP contribution in [0.2, 0.25) is 0 Å². The van der Waals surface area contributed by atoms with Crippen molar-refractivity contribution in [3.05, 3.63) is 63.2 Å². The molecule has 3 rings (SSSR count). The minimum atomic E-state index is -4.77. The fraction of sp³-hybridized carbons (Fsp3) is 0.292. The summed E-state index contributed by atoms with van der Waals surface area (Å²) >= 11 is 5.25. The third-order valence-electron chi connectivity index (χ3n) is 5.33. The number of hydrogen-bond acceptors (Lipinski definition) is 7. The second-order valence-electron chi connectivity index (χ2n) is 7.62. The van der Waals surface area contributed by atoms with Crippen molar-refractivity contribution in [2.75, 3.05) is 19.7 Å². The second kappa shape index (κ2) is 10.9. The molecule has 0 bridgehead atoms. The summed E-state index contributed by atoms with van der Waals surface area (Å²) in [5, 5.41) is 11.5. The van der Waals surface area contributed by atoms with Gasteiger partial charge in [0, 0.05) is 19.2 Å². The molecule has 1 aliphatic rings. The number of rotatable bonds is 8. The SMILES string of the molecule is CCOc1cc(C=C2C(=O)N(CC)C(=S)N(CC)C2=O)ccc1Oc1ccc(C(F)(F)F)cc1[N+](=O)[O-]. The molecule has 2 amide bonds. The topological polar surface area (TPSA) is 102 Å². The molecular formula is C24H22F3N3O6S. The van der Waals surface area contributed by atoms with E-state index in [1.54, 1.807) is 20.8 Å². The molecule has 0 aliphatic carbocycles. The van der Waals surface area contributed by atoms with Crippen molar-refractivity contribution in [2.24, 2.45) is 0 Å². The van der Waals surface area contributed by atoms with E-state index in [-0.39, 0.29) is 41.9 Å². The Kier molecular flexibility index (Phi) is 8.16. The Bertz CT molecular complexity index is 1270. The highest BCUT2D eigenvalue weighted by Crippen LogP contribution is 2.40. The lowest BCUT2D eigenvalue weighted by molar-refractivity contribution is -0.385. The molecule has 2 aromatic carbocycles. The van der Waals surface area contributed by atoms with Crippen molar-refractivity contribution in [1.29, 1.82) is 0 Å². The maximum Gasteiger partial charge on any atom is 0.416 e. The molecule has 0 unspecified atom stereocenters. The first kappa shape index (κ1) is 27.6. The number of benzene rings is 2. The van der Waals surface area contributed by atoms with Crippen LogP contribution in [0.15, 0.2) is 42.0 Å². The van der Waals surface area contributed by atoms with Crippen LogP contribution in [0.25, 0.3) is 6.08 Å². The monoisotopic (exact) mass is 537 g/mol. The van der Waals surface area contributed by atoms with E-state index in [9.17, 15) is 32.9 Å². The zero-order valence-corrected chi connectivity index (χ0v) is 20.8. The first-order valence-electron chi connectivity index (χ1n) is 11.1. The van der Waals surface area contributed by atoms with Crippen LogP contribution in [0, 0.1) is 10.1 Å². The van der Waals surface area contributed by atoms with Gasteiger partial charge in [-0.3, -0.25) is 29.5 Å². The second-order valence-corrected chi connectivity index (χ2v) is 7.98. The van der Waals surface area contributed by atoms with Crippen LogP contribution in [-0.2, 0) is 15.8 Å². The van der Waals surface area contributed by atoms with Crippen LogP contribution in [0.3, 0.4) is 0 Å². The van der Waals surface area contributed by atoms with Crippen molar-refractivity contribution in [1.82, 2.24) is 9.80 Å². The summed E-state index contributed by atoms with van der Waals surface area (Å²) in [4.78, 5) is 38.8. The molecule has 1 heterocycles. The van der Waals surface area contributed by atoms with Crippen LogP contribution >= 0.6 is 12.2 Å². The molecule has 9 nitrogen and oxygen atoms in total. The minimum absolute atomic E-state index is 0.0142. The highest BCUT2D eigenvalue weighted by atomic mass is 32.1.